The number of anilines is 2. The number of aryl methyl sites for hydroxylation is 1. The largest absolute Gasteiger partial charge is 0.368 e. The Bertz CT molecular complexity index is 1460. The lowest BCUT2D eigenvalue weighted by atomic mass is 10.2. The van der Waals surface area contributed by atoms with Gasteiger partial charge < -0.3 is 9.80 Å². The highest BCUT2D eigenvalue weighted by Crippen LogP contribution is 2.35. The molecule has 2 aliphatic rings. The van der Waals surface area contributed by atoms with E-state index < -0.39 is 0 Å². The minimum Gasteiger partial charge on any atom is -0.368 e. The van der Waals surface area contributed by atoms with Gasteiger partial charge in [0.05, 0.1) is 10.5 Å². The van der Waals surface area contributed by atoms with Crippen molar-refractivity contribution in [2.24, 2.45) is 0 Å². The zero-order chi connectivity index (χ0) is 26.3. The van der Waals surface area contributed by atoms with E-state index in [0.29, 0.717) is 52.4 Å². The van der Waals surface area contributed by atoms with E-state index in [9.17, 15) is 14.0 Å². The molecule has 37 heavy (non-hydrogen) atoms. The van der Waals surface area contributed by atoms with E-state index in [4.69, 9.17) is 17.2 Å². The number of carbonyl (C=O) groups is 1. The molecule has 0 saturated carbocycles. The van der Waals surface area contributed by atoms with Gasteiger partial charge in [-0.2, -0.15) is 0 Å². The summed E-state index contributed by atoms with van der Waals surface area (Å²) in [6.07, 6.45) is 4.21. The number of hydrogen-bond acceptors (Lipinski definition) is 7. The number of benzene rings is 1. The molecule has 2 fully saturated rings. The second-order valence-corrected chi connectivity index (χ2v) is 11.0. The number of thioether (sulfide) groups is 1. The average Bonchev–Trinajstić information content (AvgIpc) is 3.18. The minimum atomic E-state index is -0.262. The number of halogens is 1. The van der Waals surface area contributed by atoms with Crippen molar-refractivity contribution in [2.75, 3.05) is 36.0 Å². The number of piperazine rings is 1. The lowest BCUT2D eigenvalue weighted by Gasteiger charge is -2.37. The van der Waals surface area contributed by atoms with Crippen LogP contribution in [-0.4, -0.2) is 56.7 Å². The molecule has 4 heterocycles. The van der Waals surface area contributed by atoms with Gasteiger partial charge in [0, 0.05) is 44.1 Å². The normalized spacial score (nSPS) is 18.4. The molecule has 1 atom stereocenters. The molecule has 0 aliphatic carbocycles. The molecule has 0 bridgehead atoms. The number of carbonyl (C=O) groups excluding carboxylic acids is 1. The Labute approximate surface area is 224 Å². The van der Waals surface area contributed by atoms with Gasteiger partial charge in [-0.15, -0.1) is 0 Å². The van der Waals surface area contributed by atoms with Crippen LogP contribution in [0.3, 0.4) is 0 Å². The molecule has 1 aromatic carbocycles. The van der Waals surface area contributed by atoms with Gasteiger partial charge >= 0.3 is 0 Å². The van der Waals surface area contributed by atoms with E-state index in [2.05, 4.69) is 9.80 Å². The number of hydrogen-bond donors (Lipinski definition) is 0. The van der Waals surface area contributed by atoms with Crippen molar-refractivity contribution in [3.05, 3.63) is 74.8 Å². The Morgan fingerprint density at radius 1 is 1.08 bits per heavy atom. The summed E-state index contributed by atoms with van der Waals surface area (Å²) >= 11 is 6.72. The number of fused-ring (bicyclic) bond motifs is 1. The number of pyridine rings is 1. The second kappa shape index (κ2) is 10.3. The molecule has 0 radical (unpaired) electrons. The summed E-state index contributed by atoms with van der Waals surface area (Å²) in [7, 11) is 0. The van der Waals surface area contributed by atoms with Crippen LogP contribution < -0.4 is 15.4 Å². The fraction of sp³-hybridized carbons (Fsp3) is 0.333. The topological polar surface area (TPSA) is 61.2 Å². The molecule has 0 spiro atoms. The third-order valence-electron chi connectivity index (χ3n) is 6.89. The molecular weight excluding hydrogens is 509 g/mol. The molecule has 2 saturated heterocycles. The molecule has 1 amide bonds. The van der Waals surface area contributed by atoms with E-state index in [0.717, 1.165) is 17.7 Å². The van der Waals surface area contributed by atoms with E-state index in [1.807, 2.05) is 32.9 Å². The Hall–Kier alpha value is -3.24. The van der Waals surface area contributed by atoms with E-state index >= 15 is 0 Å². The quantitative estimate of drug-likeness (QED) is 0.352. The number of aromatic nitrogens is 2. The van der Waals surface area contributed by atoms with Crippen LogP contribution >= 0.6 is 24.0 Å². The molecule has 5 rings (SSSR count). The average molecular weight is 538 g/mol. The summed E-state index contributed by atoms with van der Waals surface area (Å²) in [4.78, 5) is 38.2. The van der Waals surface area contributed by atoms with Gasteiger partial charge in [0.25, 0.3) is 11.5 Å². The zero-order valence-electron chi connectivity index (χ0n) is 21.0. The van der Waals surface area contributed by atoms with Crippen LogP contribution in [0.5, 0.6) is 0 Å². The molecule has 2 aromatic heterocycles. The van der Waals surface area contributed by atoms with Crippen LogP contribution in [0.25, 0.3) is 11.7 Å². The zero-order valence-corrected chi connectivity index (χ0v) is 22.6. The maximum absolute atomic E-state index is 13.7. The first kappa shape index (κ1) is 25.4. The minimum absolute atomic E-state index is 0.0177. The lowest BCUT2D eigenvalue weighted by molar-refractivity contribution is -0.123. The molecular formula is C27H28FN5O2S2. The van der Waals surface area contributed by atoms with Gasteiger partial charge in [-0.3, -0.25) is 18.9 Å². The maximum Gasteiger partial charge on any atom is 0.267 e. The van der Waals surface area contributed by atoms with Crippen molar-refractivity contribution in [3.8, 4) is 0 Å². The van der Waals surface area contributed by atoms with Crippen molar-refractivity contribution < 1.29 is 9.18 Å². The van der Waals surface area contributed by atoms with Crippen LogP contribution in [0.4, 0.5) is 15.9 Å². The summed E-state index contributed by atoms with van der Waals surface area (Å²) in [5.41, 5.74) is 2.60. The first-order chi connectivity index (χ1) is 17.8. The van der Waals surface area contributed by atoms with Crippen LogP contribution in [0, 0.1) is 12.7 Å². The van der Waals surface area contributed by atoms with Gasteiger partial charge in [0.15, 0.2) is 0 Å². The van der Waals surface area contributed by atoms with E-state index in [1.165, 1.54) is 28.3 Å². The Morgan fingerprint density at radius 3 is 2.43 bits per heavy atom. The molecule has 0 N–H and O–H groups in total. The van der Waals surface area contributed by atoms with Crippen molar-refractivity contribution in [1.82, 2.24) is 14.3 Å². The van der Waals surface area contributed by atoms with Crippen molar-refractivity contribution in [2.45, 2.75) is 33.2 Å². The number of rotatable bonds is 5. The van der Waals surface area contributed by atoms with Crippen LogP contribution in [0.2, 0.25) is 0 Å². The second-order valence-electron chi connectivity index (χ2n) is 9.35. The maximum atomic E-state index is 13.7. The predicted octanol–water partition coefficient (Wildman–Crippen LogP) is 4.47. The summed E-state index contributed by atoms with van der Waals surface area (Å²) in [6, 6.07) is 10.2. The van der Waals surface area contributed by atoms with Crippen LogP contribution in [-0.2, 0) is 4.79 Å². The number of amides is 1. The highest BCUT2D eigenvalue weighted by Gasteiger charge is 2.35. The van der Waals surface area contributed by atoms with Crippen LogP contribution in [0.1, 0.15) is 31.4 Å². The van der Waals surface area contributed by atoms with Gasteiger partial charge in [0.1, 0.15) is 21.6 Å². The monoisotopic (exact) mass is 537 g/mol. The Kier molecular flexibility index (Phi) is 7.04. The first-order valence-corrected chi connectivity index (χ1v) is 13.5. The Morgan fingerprint density at radius 2 is 1.76 bits per heavy atom. The summed E-state index contributed by atoms with van der Waals surface area (Å²) in [5.74, 6) is 0.119. The fourth-order valence-corrected chi connectivity index (χ4v) is 6.06. The molecule has 0 unspecified atom stereocenters. The van der Waals surface area contributed by atoms with Gasteiger partial charge in [-0.25, -0.2) is 9.37 Å². The third kappa shape index (κ3) is 4.87. The number of nitrogens with zero attached hydrogens (tertiary/aromatic N) is 5. The van der Waals surface area contributed by atoms with Gasteiger partial charge in [0.2, 0.25) is 0 Å². The molecule has 192 valence electrons. The smallest absolute Gasteiger partial charge is 0.267 e. The summed E-state index contributed by atoms with van der Waals surface area (Å²) in [5, 5.41) is 0. The predicted molar refractivity (Wildman–Crippen MR) is 152 cm³/mol. The van der Waals surface area contributed by atoms with E-state index in [1.54, 1.807) is 29.3 Å². The highest BCUT2D eigenvalue weighted by atomic mass is 32.2. The standard InChI is InChI=1S/C27H28FN5O2S2/c1-4-18(3)33-26(35)22(37-27(33)36)15-21-24(29-23-10-5-17(2)16-32(23)25(21)34)31-13-11-30(12-14-31)20-8-6-19(28)7-9-20/h5-10,15-16,18H,4,11-14H2,1-3H3/b22-15-/t18-/m1/s1. The SMILES string of the molecule is CC[C@@H](C)N1C(=O)/C(=C/c2c(N3CCN(c4ccc(F)cc4)CC3)nc3ccc(C)cn3c2=O)SC1=S. The highest BCUT2D eigenvalue weighted by molar-refractivity contribution is 8.26. The van der Waals surface area contributed by atoms with Gasteiger partial charge in [-0.1, -0.05) is 37.0 Å². The third-order valence-corrected chi connectivity index (χ3v) is 8.22. The number of thiocarbonyl (C=S) groups is 1. The van der Waals surface area contributed by atoms with E-state index in [-0.39, 0.29) is 23.3 Å². The Balaban J connectivity index is 1.53. The first-order valence-electron chi connectivity index (χ1n) is 12.3. The summed E-state index contributed by atoms with van der Waals surface area (Å²) in [6.45, 7) is 8.53. The molecule has 3 aromatic rings. The van der Waals surface area contributed by atoms with Crippen molar-refractivity contribution in [3.63, 3.8) is 0 Å². The van der Waals surface area contributed by atoms with Gasteiger partial charge in [-0.05, 0) is 62.2 Å². The van der Waals surface area contributed by atoms with Crippen molar-refractivity contribution in [1.29, 1.82) is 0 Å². The molecule has 7 nitrogen and oxygen atoms in total. The van der Waals surface area contributed by atoms with Crippen LogP contribution in [0.15, 0.2) is 52.3 Å². The summed E-state index contributed by atoms with van der Waals surface area (Å²) < 4.78 is 15.4. The molecule has 2 aliphatic heterocycles. The molecule has 10 heteroatoms. The lowest BCUT2D eigenvalue weighted by Crippen LogP contribution is -2.47. The van der Waals surface area contributed by atoms with Crippen molar-refractivity contribution >= 4 is 57.4 Å². The fourth-order valence-electron chi connectivity index (χ4n) is 4.62.